The van der Waals surface area contributed by atoms with E-state index in [-0.39, 0.29) is 24.0 Å². The highest BCUT2D eigenvalue weighted by Gasteiger charge is 2.41. The normalized spacial score (nSPS) is 14.3. The highest BCUT2D eigenvalue weighted by atomic mass is 35.5. The number of urea groups is 1. The van der Waals surface area contributed by atoms with E-state index in [2.05, 4.69) is 15.7 Å². The number of hydrogen-bond donors (Lipinski definition) is 2. The molecule has 0 spiro atoms. The van der Waals surface area contributed by atoms with Crippen LogP contribution in [0.1, 0.15) is 36.6 Å². The van der Waals surface area contributed by atoms with Gasteiger partial charge >= 0.3 is 12.2 Å². The summed E-state index contributed by atoms with van der Waals surface area (Å²) in [6, 6.07) is 6.27. The molecule has 2 aromatic rings. The molecule has 1 aromatic carbocycles. The second kappa shape index (κ2) is 7.98. The number of halogens is 5. The molecule has 2 amide bonds. The van der Waals surface area contributed by atoms with Crippen molar-refractivity contribution in [2.45, 2.75) is 37.9 Å². The van der Waals surface area contributed by atoms with Crippen LogP contribution in [-0.2, 0) is 12.7 Å². The Labute approximate surface area is 163 Å². The molecule has 0 saturated heterocycles. The van der Waals surface area contributed by atoms with Crippen molar-refractivity contribution in [2.75, 3.05) is 11.9 Å². The molecule has 0 radical (unpaired) electrons. The third kappa shape index (κ3) is 5.07. The maximum Gasteiger partial charge on any atom is 0.436 e. The van der Waals surface area contributed by atoms with Gasteiger partial charge in [-0.25, -0.2) is 4.79 Å². The minimum atomic E-state index is -4.58. The van der Waals surface area contributed by atoms with E-state index in [1.165, 1.54) is 4.68 Å². The molecular formula is C17H17Cl2F3N4O. The van der Waals surface area contributed by atoms with Gasteiger partial charge in [0.05, 0.1) is 10.7 Å². The van der Waals surface area contributed by atoms with Gasteiger partial charge in [0.2, 0.25) is 0 Å². The zero-order chi connectivity index (χ0) is 19.6. The highest BCUT2D eigenvalue weighted by molar-refractivity contribution is 6.32. The standard InChI is InChI=1S/C17H17Cl2F3N4O/c18-11-3-1-4-12(9-11)24-16(27)23-7-2-8-26-14(10-5-6-10)13(19)15(25-26)17(20,21)22/h1,3-4,9-10H,2,5-8H2,(H2,23,24,27). The van der Waals surface area contributed by atoms with Crippen LogP contribution in [-0.4, -0.2) is 22.4 Å². The first-order valence-electron chi connectivity index (χ1n) is 8.39. The average molecular weight is 421 g/mol. The third-order valence-corrected chi connectivity index (χ3v) is 4.69. The molecule has 1 heterocycles. The van der Waals surface area contributed by atoms with Gasteiger partial charge in [0.1, 0.15) is 0 Å². The van der Waals surface area contributed by atoms with Gasteiger partial charge < -0.3 is 10.6 Å². The molecule has 146 valence electrons. The Hall–Kier alpha value is -1.93. The maximum atomic E-state index is 13.0. The summed E-state index contributed by atoms with van der Waals surface area (Å²) in [5, 5.41) is 9.12. The molecule has 27 heavy (non-hydrogen) atoms. The minimum absolute atomic E-state index is 0.0280. The van der Waals surface area contributed by atoms with Crippen LogP contribution >= 0.6 is 23.2 Å². The number of amides is 2. The van der Waals surface area contributed by atoms with Crippen molar-refractivity contribution >= 4 is 34.9 Å². The van der Waals surface area contributed by atoms with E-state index >= 15 is 0 Å². The molecule has 1 aliphatic rings. The lowest BCUT2D eigenvalue weighted by atomic mass is 10.2. The van der Waals surface area contributed by atoms with E-state index in [4.69, 9.17) is 23.2 Å². The van der Waals surface area contributed by atoms with Crippen molar-refractivity contribution in [1.29, 1.82) is 0 Å². The Kier molecular flexibility index (Phi) is 5.86. The molecule has 5 nitrogen and oxygen atoms in total. The Balaban J connectivity index is 1.54. The van der Waals surface area contributed by atoms with Crippen LogP contribution in [0.5, 0.6) is 0 Å². The number of alkyl halides is 3. The van der Waals surface area contributed by atoms with Crippen LogP contribution < -0.4 is 10.6 Å². The summed E-state index contributed by atoms with van der Waals surface area (Å²) >= 11 is 11.8. The van der Waals surface area contributed by atoms with Crippen molar-refractivity contribution < 1.29 is 18.0 Å². The molecule has 10 heteroatoms. The van der Waals surface area contributed by atoms with Crippen molar-refractivity contribution in [2.24, 2.45) is 0 Å². The number of anilines is 1. The predicted molar refractivity (Wildman–Crippen MR) is 97.3 cm³/mol. The molecule has 2 N–H and O–H groups in total. The fourth-order valence-electron chi connectivity index (χ4n) is 2.72. The average Bonchev–Trinajstić information content (AvgIpc) is 3.34. The predicted octanol–water partition coefficient (Wildman–Crippen LogP) is 5.30. The summed E-state index contributed by atoms with van der Waals surface area (Å²) < 4.78 is 40.4. The Bertz CT molecular complexity index is 834. The van der Waals surface area contributed by atoms with Gasteiger partial charge in [0.25, 0.3) is 0 Å². The zero-order valence-electron chi connectivity index (χ0n) is 14.1. The van der Waals surface area contributed by atoms with Crippen LogP contribution in [0, 0.1) is 0 Å². The molecule has 0 aliphatic heterocycles. The van der Waals surface area contributed by atoms with Crippen molar-refractivity contribution in [3.05, 3.63) is 45.7 Å². The number of carbonyl (C=O) groups excluding carboxylic acids is 1. The first kappa shape index (κ1) is 19.8. The van der Waals surface area contributed by atoms with E-state index in [0.717, 1.165) is 12.8 Å². The molecule has 3 rings (SSSR count). The fraction of sp³-hybridized carbons (Fsp3) is 0.412. The van der Waals surface area contributed by atoms with Crippen LogP contribution in [0.2, 0.25) is 10.0 Å². The minimum Gasteiger partial charge on any atom is -0.338 e. The van der Waals surface area contributed by atoms with E-state index < -0.39 is 17.9 Å². The van der Waals surface area contributed by atoms with Gasteiger partial charge in [0, 0.05) is 29.7 Å². The summed E-state index contributed by atoms with van der Waals surface area (Å²) in [7, 11) is 0. The lowest BCUT2D eigenvalue weighted by Gasteiger charge is -2.09. The molecule has 0 atom stereocenters. The van der Waals surface area contributed by atoms with E-state index in [9.17, 15) is 18.0 Å². The second-order valence-electron chi connectivity index (χ2n) is 6.29. The number of aryl methyl sites for hydroxylation is 1. The second-order valence-corrected chi connectivity index (χ2v) is 7.10. The first-order chi connectivity index (χ1) is 12.8. The number of nitrogens with one attached hydrogen (secondary N) is 2. The van der Waals surface area contributed by atoms with Crippen molar-refractivity contribution in [3.63, 3.8) is 0 Å². The van der Waals surface area contributed by atoms with Crippen LogP contribution in [0.15, 0.2) is 24.3 Å². The SMILES string of the molecule is O=C(NCCCn1nc(C(F)(F)F)c(Cl)c1C1CC1)Nc1cccc(Cl)c1. The summed E-state index contributed by atoms with van der Waals surface area (Å²) in [6.45, 7) is 0.508. The molecule has 0 bridgehead atoms. The molecular weight excluding hydrogens is 404 g/mol. The highest BCUT2D eigenvalue weighted by Crippen LogP contribution is 2.46. The topological polar surface area (TPSA) is 59.0 Å². The van der Waals surface area contributed by atoms with Gasteiger partial charge in [-0.15, -0.1) is 0 Å². The third-order valence-electron chi connectivity index (χ3n) is 4.08. The van der Waals surface area contributed by atoms with Gasteiger partial charge in [-0.1, -0.05) is 29.3 Å². The number of rotatable bonds is 6. The smallest absolute Gasteiger partial charge is 0.338 e. The van der Waals surface area contributed by atoms with Crippen LogP contribution in [0.25, 0.3) is 0 Å². The molecule has 1 fully saturated rings. The Morgan fingerprint density at radius 1 is 1.30 bits per heavy atom. The Morgan fingerprint density at radius 2 is 2.04 bits per heavy atom. The molecule has 0 unspecified atom stereocenters. The quantitative estimate of drug-likeness (QED) is 0.623. The van der Waals surface area contributed by atoms with Crippen molar-refractivity contribution in [3.8, 4) is 0 Å². The fourth-order valence-corrected chi connectivity index (χ4v) is 3.31. The molecule has 1 saturated carbocycles. The number of nitrogens with zero attached hydrogens (tertiary/aromatic N) is 2. The first-order valence-corrected chi connectivity index (χ1v) is 9.15. The maximum absolute atomic E-state index is 13.0. The Morgan fingerprint density at radius 3 is 2.67 bits per heavy atom. The van der Waals surface area contributed by atoms with Gasteiger partial charge in [-0.05, 0) is 37.5 Å². The number of benzene rings is 1. The monoisotopic (exact) mass is 420 g/mol. The summed E-state index contributed by atoms with van der Waals surface area (Å²) in [5.74, 6) is 0.0280. The summed E-state index contributed by atoms with van der Waals surface area (Å²) in [5.41, 5.74) is -0.0604. The van der Waals surface area contributed by atoms with Gasteiger partial charge in [0.15, 0.2) is 5.69 Å². The molecule has 1 aliphatic carbocycles. The largest absolute Gasteiger partial charge is 0.436 e. The zero-order valence-corrected chi connectivity index (χ0v) is 15.6. The van der Waals surface area contributed by atoms with Crippen molar-refractivity contribution in [1.82, 2.24) is 15.1 Å². The van der Waals surface area contributed by atoms with E-state index in [0.29, 0.717) is 22.8 Å². The lowest BCUT2D eigenvalue weighted by molar-refractivity contribution is -0.141. The number of hydrogen-bond acceptors (Lipinski definition) is 2. The van der Waals surface area contributed by atoms with E-state index in [1.807, 2.05) is 0 Å². The summed E-state index contributed by atoms with van der Waals surface area (Å²) in [6.07, 6.45) is -2.55. The number of aromatic nitrogens is 2. The van der Waals surface area contributed by atoms with Gasteiger partial charge in [-0.2, -0.15) is 18.3 Å². The summed E-state index contributed by atoms with van der Waals surface area (Å²) in [4.78, 5) is 11.9. The van der Waals surface area contributed by atoms with Crippen LogP contribution in [0.4, 0.5) is 23.7 Å². The van der Waals surface area contributed by atoms with Gasteiger partial charge in [-0.3, -0.25) is 4.68 Å². The molecule has 1 aromatic heterocycles. The van der Waals surface area contributed by atoms with E-state index in [1.54, 1.807) is 24.3 Å². The number of carbonyl (C=O) groups is 1. The van der Waals surface area contributed by atoms with Crippen LogP contribution in [0.3, 0.4) is 0 Å². The lowest BCUT2D eigenvalue weighted by Crippen LogP contribution is -2.30.